The number of hydrogen-bond donors (Lipinski definition) is 0. The predicted octanol–water partition coefficient (Wildman–Crippen LogP) is 2.70. The molecule has 2 rings (SSSR count). The lowest BCUT2D eigenvalue weighted by atomic mass is 9.93. The highest BCUT2D eigenvalue weighted by atomic mass is 16.5. The Kier molecular flexibility index (Phi) is 2.86. The molecule has 1 unspecified atom stereocenters. The first-order valence-corrected chi connectivity index (χ1v) is 5.24. The third-order valence-electron chi connectivity index (χ3n) is 2.72. The molecule has 15 heavy (non-hydrogen) atoms. The molecule has 0 aliphatic carbocycles. The Morgan fingerprint density at radius 1 is 1.27 bits per heavy atom. The third-order valence-corrected chi connectivity index (χ3v) is 2.72. The third kappa shape index (κ3) is 2.09. The number of ether oxygens (including phenoxy) is 1. The Morgan fingerprint density at radius 3 is 2.67 bits per heavy atom. The Bertz CT molecular complexity index is 379. The standard InChI is InChI=1S/C13H14O2/c1-2-12-11(9-15-13(12)14)8-10-6-4-3-5-7-10/h3-7,9,12H,2,8H2,1H3. The molecule has 2 nitrogen and oxygen atoms in total. The van der Waals surface area contributed by atoms with Gasteiger partial charge in [-0.15, -0.1) is 0 Å². The van der Waals surface area contributed by atoms with Crippen molar-refractivity contribution in [1.82, 2.24) is 0 Å². The zero-order valence-electron chi connectivity index (χ0n) is 8.77. The van der Waals surface area contributed by atoms with Gasteiger partial charge in [0.15, 0.2) is 0 Å². The molecule has 1 atom stereocenters. The first-order valence-electron chi connectivity index (χ1n) is 5.24. The van der Waals surface area contributed by atoms with Gasteiger partial charge in [0.05, 0.1) is 12.2 Å². The molecule has 0 amide bonds. The van der Waals surface area contributed by atoms with E-state index in [0.717, 1.165) is 18.4 Å². The predicted molar refractivity (Wildman–Crippen MR) is 58.1 cm³/mol. The van der Waals surface area contributed by atoms with Crippen molar-refractivity contribution >= 4 is 5.97 Å². The lowest BCUT2D eigenvalue weighted by Gasteiger charge is -2.07. The van der Waals surface area contributed by atoms with Gasteiger partial charge in [0.25, 0.3) is 0 Å². The van der Waals surface area contributed by atoms with Crippen molar-refractivity contribution in [2.75, 3.05) is 0 Å². The molecule has 1 aliphatic heterocycles. The minimum atomic E-state index is -0.108. The van der Waals surface area contributed by atoms with Gasteiger partial charge in [-0.25, -0.2) is 0 Å². The van der Waals surface area contributed by atoms with Crippen molar-refractivity contribution in [3.05, 3.63) is 47.7 Å². The van der Waals surface area contributed by atoms with Crippen LogP contribution in [0.15, 0.2) is 42.2 Å². The quantitative estimate of drug-likeness (QED) is 0.704. The van der Waals surface area contributed by atoms with E-state index >= 15 is 0 Å². The van der Waals surface area contributed by atoms with Gasteiger partial charge in [-0.2, -0.15) is 0 Å². The van der Waals surface area contributed by atoms with Gasteiger partial charge in [-0.1, -0.05) is 37.3 Å². The Balaban J connectivity index is 2.10. The van der Waals surface area contributed by atoms with Crippen LogP contribution >= 0.6 is 0 Å². The zero-order valence-corrected chi connectivity index (χ0v) is 8.77. The molecule has 0 bridgehead atoms. The minimum absolute atomic E-state index is 0.0368. The summed E-state index contributed by atoms with van der Waals surface area (Å²) in [6, 6.07) is 10.1. The maximum absolute atomic E-state index is 11.3. The lowest BCUT2D eigenvalue weighted by Crippen LogP contribution is -2.11. The number of carbonyl (C=O) groups is 1. The fraction of sp³-hybridized carbons (Fsp3) is 0.308. The van der Waals surface area contributed by atoms with E-state index < -0.39 is 0 Å². The second-order valence-electron chi connectivity index (χ2n) is 3.75. The Hall–Kier alpha value is -1.57. The van der Waals surface area contributed by atoms with E-state index in [1.165, 1.54) is 5.56 Å². The summed E-state index contributed by atoms with van der Waals surface area (Å²) in [5.41, 5.74) is 2.31. The van der Waals surface area contributed by atoms with Gasteiger partial charge < -0.3 is 4.74 Å². The summed E-state index contributed by atoms with van der Waals surface area (Å²) in [4.78, 5) is 11.3. The topological polar surface area (TPSA) is 26.3 Å². The summed E-state index contributed by atoms with van der Waals surface area (Å²) in [7, 11) is 0. The number of esters is 1. The van der Waals surface area contributed by atoms with E-state index in [9.17, 15) is 4.79 Å². The number of carbonyl (C=O) groups excluding carboxylic acids is 1. The molecule has 1 aromatic rings. The number of rotatable bonds is 3. The van der Waals surface area contributed by atoms with Crippen molar-refractivity contribution in [2.45, 2.75) is 19.8 Å². The van der Waals surface area contributed by atoms with Gasteiger partial charge in [0.2, 0.25) is 0 Å². The summed E-state index contributed by atoms with van der Waals surface area (Å²) in [6.07, 6.45) is 3.24. The molecule has 0 aromatic heterocycles. The summed E-state index contributed by atoms with van der Waals surface area (Å²) >= 11 is 0. The average Bonchev–Trinajstić information content (AvgIpc) is 2.61. The van der Waals surface area contributed by atoms with Crippen LogP contribution in [-0.2, 0) is 16.0 Å². The van der Waals surface area contributed by atoms with Crippen LogP contribution in [0.3, 0.4) is 0 Å². The maximum Gasteiger partial charge on any atom is 0.318 e. The Morgan fingerprint density at radius 2 is 2.00 bits per heavy atom. The molecule has 0 N–H and O–H groups in total. The van der Waals surface area contributed by atoms with Gasteiger partial charge in [-0.3, -0.25) is 4.79 Å². The van der Waals surface area contributed by atoms with Crippen LogP contribution in [0, 0.1) is 5.92 Å². The summed E-state index contributed by atoms with van der Waals surface area (Å²) in [6.45, 7) is 2.01. The molecular formula is C13H14O2. The van der Waals surface area contributed by atoms with E-state index in [0.29, 0.717) is 0 Å². The van der Waals surface area contributed by atoms with Crippen LogP contribution in [-0.4, -0.2) is 5.97 Å². The zero-order chi connectivity index (χ0) is 10.7. The summed E-state index contributed by atoms with van der Waals surface area (Å²) in [5.74, 6) is -0.145. The van der Waals surface area contributed by atoms with Crippen molar-refractivity contribution in [3.63, 3.8) is 0 Å². The Labute approximate surface area is 89.6 Å². The van der Waals surface area contributed by atoms with Gasteiger partial charge in [0, 0.05) is 0 Å². The van der Waals surface area contributed by atoms with Crippen molar-refractivity contribution < 1.29 is 9.53 Å². The van der Waals surface area contributed by atoms with E-state index in [1.807, 2.05) is 25.1 Å². The summed E-state index contributed by atoms with van der Waals surface area (Å²) in [5, 5.41) is 0. The first kappa shape index (κ1) is 9.97. The first-order chi connectivity index (χ1) is 7.31. The molecule has 0 saturated carbocycles. The molecule has 0 fully saturated rings. The maximum atomic E-state index is 11.3. The molecule has 0 radical (unpaired) electrons. The van der Waals surface area contributed by atoms with Crippen LogP contribution in [0.5, 0.6) is 0 Å². The van der Waals surface area contributed by atoms with Gasteiger partial charge in [-0.05, 0) is 24.0 Å². The highest BCUT2D eigenvalue weighted by Crippen LogP contribution is 2.26. The monoisotopic (exact) mass is 202 g/mol. The van der Waals surface area contributed by atoms with Crippen molar-refractivity contribution in [3.8, 4) is 0 Å². The fourth-order valence-electron chi connectivity index (χ4n) is 1.87. The molecule has 0 spiro atoms. The largest absolute Gasteiger partial charge is 0.434 e. The van der Waals surface area contributed by atoms with Crippen molar-refractivity contribution in [1.29, 1.82) is 0 Å². The molecule has 1 aliphatic rings. The highest BCUT2D eigenvalue weighted by molar-refractivity contribution is 5.79. The molecule has 2 heteroatoms. The average molecular weight is 202 g/mol. The van der Waals surface area contributed by atoms with E-state index in [4.69, 9.17) is 4.74 Å². The van der Waals surface area contributed by atoms with E-state index in [2.05, 4.69) is 12.1 Å². The SMILES string of the molecule is CCC1C(=O)OC=C1Cc1ccccc1. The van der Waals surface area contributed by atoms with Gasteiger partial charge >= 0.3 is 5.97 Å². The van der Waals surface area contributed by atoms with Gasteiger partial charge in [0.1, 0.15) is 0 Å². The number of cyclic esters (lactones) is 1. The van der Waals surface area contributed by atoms with Crippen molar-refractivity contribution in [2.24, 2.45) is 5.92 Å². The van der Waals surface area contributed by atoms with E-state index in [1.54, 1.807) is 6.26 Å². The minimum Gasteiger partial charge on any atom is -0.434 e. The van der Waals surface area contributed by atoms with Crippen LogP contribution in [0.4, 0.5) is 0 Å². The van der Waals surface area contributed by atoms with Crippen LogP contribution in [0.25, 0.3) is 0 Å². The van der Waals surface area contributed by atoms with Crippen LogP contribution < -0.4 is 0 Å². The smallest absolute Gasteiger partial charge is 0.318 e. The normalized spacial score (nSPS) is 19.9. The van der Waals surface area contributed by atoms with E-state index in [-0.39, 0.29) is 11.9 Å². The second-order valence-corrected chi connectivity index (χ2v) is 3.75. The van der Waals surface area contributed by atoms with Crippen LogP contribution in [0.1, 0.15) is 18.9 Å². The molecule has 1 heterocycles. The van der Waals surface area contributed by atoms with Crippen LogP contribution in [0.2, 0.25) is 0 Å². The number of benzene rings is 1. The fourth-order valence-corrected chi connectivity index (χ4v) is 1.87. The molecule has 78 valence electrons. The number of hydrogen-bond acceptors (Lipinski definition) is 2. The second kappa shape index (κ2) is 4.30. The highest BCUT2D eigenvalue weighted by Gasteiger charge is 2.27. The lowest BCUT2D eigenvalue weighted by molar-refractivity contribution is -0.139. The molecule has 1 aromatic carbocycles. The molecule has 0 saturated heterocycles. The summed E-state index contributed by atoms with van der Waals surface area (Å²) < 4.78 is 4.94. The molecular weight excluding hydrogens is 188 g/mol.